The summed E-state index contributed by atoms with van der Waals surface area (Å²) < 4.78 is 17.7. The normalized spacial score (nSPS) is 9.57. The first-order valence-electron chi connectivity index (χ1n) is 3.57. The second-order valence-corrected chi connectivity index (χ2v) is 2.42. The van der Waals surface area contributed by atoms with Crippen LogP contribution >= 0.6 is 0 Å². The molecular formula is C8H6FNO4. The first-order valence-corrected chi connectivity index (χ1v) is 3.57. The van der Waals surface area contributed by atoms with Gasteiger partial charge in [-0.3, -0.25) is 14.9 Å². The van der Waals surface area contributed by atoms with Crippen LogP contribution in [0.5, 0.6) is 5.75 Å². The number of rotatable bonds is 3. The Morgan fingerprint density at radius 1 is 1.57 bits per heavy atom. The lowest BCUT2D eigenvalue weighted by Crippen LogP contribution is -1.99. The van der Waals surface area contributed by atoms with E-state index in [1.807, 2.05) is 0 Å². The van der Waals surface area contributed by atoms with Crippen molar-refractivity contribution in [2.75, 3.05) is 7.11 Å². The van der Waals surface area contributed by atoms with Crippen molar-refractivity contribution in [1.29, 1.82) is 0 Å². The molecule has 0 aliphatic heterocycles. The molecule has 1 aromatic carbocycles. The molecule has 0 amide bonds. The number of nitro groups is 1. The highest BCUT2D eigenvalue weighted by Crippen LogP contribution is 2.26. The zero-order chi connectivity index (χ0) is 10.7. The Labute approximate surface area is 78.3 Å². The van der Waals surface area contributed by atoms with E-state index >= 15 is 0 Å². The van der Waals surface area contributed by atoms with E-state index in [0.717, 1.165) is 12.1 Å². The third-order valence-corrected chi connectivity index (χ3v) is 1.61. The zero-order valence-electron chi connectivity index (χ0n) is 7.19. The number of nitro benzene ring substituents is 1. The number of methoxy groups -OCH3 is 1. The van der Waals surface area contributed by atoms with Crippen LogP contribution in [0, 0.1) is 15.9 Å². The van der Waals surface area contributed by atoms with E-state index in [-0.39, 0.29) is 17.6 Å². The minimum atomic E-state index is -1.09. The predicted octanol–water partition coefficient (Wildman–Crippen LogP) is 1.55. The largest absolute Gasteiger partial charge is 0.497 e. The van der Waals surface area contributed by atoms with Crippen LogP contribution in [0.1, 0.15) is 10.4 Å². The average molecular weight is 199 g/mol. The number of hydrogen-bond acceptors (Lipinski definition) is 4. The average Bonchev–Trinajstić information content (AvgIpc) is 2.15. The van der Waals surface area contributed by atoms with Crippen molar-refractivity contribution in [3.63, 3.8) is 0 Å². The van der Waals surface area contributed by atoms with E-state index in [2.05, 4.69) is 4.74 Å². The lowest BCUT2D eigenvalue weighted by atomic mass is 10.2. The highest BCUT2D eigenvalue weighted by atomic mass is 19.1. The fourth-order valence-corrected chi connectivity index (χ4v) is 0.995. The van der Waals surface area contributed by atoms with Crippen molar-refractivity contribution in [3.05, 3.63) is 33.6 Å². The topological polar surface area (TPSA) is 69.4 Å². The minimum Gasteiger partial charge on any atom is -0.497 e. The summed E-state index contributed by atoms with van der Waals surface area (Å²) in [6.07, 6.45) is 0.212. The third-order valence-electron chi connectivity index (χ3n) is 1.61. The SMILES string of the molecule is COc1cc(F)c([N+](=O)[O-])c(C=O)c1. The number of nitrogens with zero attached hydrogens (tertiary/aromatic N) is 1. The fraction of sp³-hybridized carbons (Fsp3) is 0.125. The number of ether oxygens (including phenoxy) is 1. The van der Waals surface area contributed by atoms with Gasteiger partial charge in [-0.2, -0.15) is 4.39 Å². The van der Waals surface area contributed by atoms with Crippen LogP contribution < -0.4 is 4.74 Å². The summed E-state index contributed by atoms with van der Waals surface area (Å²) in [5.74, 6) is -1.02. The van der Waals surface area contributed by atoms with Crippen LogP contribution in [0.25, 0.3) is 0 Å². The first kappa shape index (κ1) is 10.1. The molecule has 5 nitrogen and oxygen atoms in total. The Bertz CT molecular complexity index is 391. The van der Waals surface area contributed by atoms with E-state index < -0.39 is 16.4 Å². The van der Waals surface area contributed by atoms with E-state index in [9.17, 15) is 19.3 Å². The lowest BCUT2D eigenvalue weighted by Gasteiger charge is -2.01. The molecule has 14 heavy (non-hydrogen) atoms. The lowest BCUT2D eigenvalue weighted by molar-refractivity contribution is -0.387. The van der Waals surface area contributed by atoms with Crippen molar-refractivity contribution < 1.29 is 18.8 Å². The van der Waals surface area contributed by atoms with Gasteiger partial charge in [0.15, 0.2) is 6.29 Å². The second-order valence-electron chi connectivity index (χ2n) is 2.42. The molecule has 0 atom stereocenters. The molecule has 0 aliphatic carbocycles. The zero-order valence-corrected chi connectivity index (χ0v) is 7.19. The van der Waals surface area contributed by atoms with Crippen molar-refractivity contribution in [2.24, 2.45) is 0 Å². The summed E-state index contributed by atoms with van der Waals surface area (Å²) in [6, 6.07) is 1.96. The molecule has 0 saturated carbocycles. The van der Waals surface area contributed by atoms with Crippen LogP contribution in [-0.4, -0.2) is 18.3 Å². The van der Waals surface area contributed by atoms with Crippen LogP contribution in [0.15, 0.2) is 12.1 Å². The highest BCUT2D eigenvalue weighted by molar-refractivity contribution is 5.82. The molecule has 0 heterocycles. The fourth-order valence-electron chi connectivity index (χ4n) is 0.995. The van der Waals surface area contributed by atoms with E-state index in [4.69, 9.17) is 0 Å². The molecular weight excluding hydrogens is 193 g/mol. The van der Waals surface area contributed by atoms with Gasteiger partial charge in [0.25, 0.3) is 0 Å². The van der Waals surface area contributed by atoms with Crippen molar-refractivity contribution in [3.8, 4) is 5.75 Å². The molecule has 1 rings (SSSR count). The van der Waals surface area contributed by atoms with Crippen LogP contribution in [0.2, 0.25) is 0 Å². The van der Waals surface area contributed by atoms with Gasteiger partial charge in [0.05, 0.1) is 17.6 Å². The summed E-state index contributed by atoms with van der Waals surface area (Å²) in [5, 5.41) is 10.4. The number of carbonyl (C=O) groups excluding carboxylic acids is 1. The Hall–Kier alpha value is -1.98. The molecule has 0 spiro atoms. The second kappa shape index (κ2) is 3.82. The number of carbonyl (C=O) groups is 1. The van der Waals surface area contributed by atoms with Crippen LogP contribution in [-0.2, 0) is 0 Å². The van der Waals surface area contributed by atoms with Gasteiger partial charge in [-0.05, 0) is 6.07 Å². The first-order chi connectivity index (χ1) is 6.60. The Kier molecular flexibility index (Phi) is 2.76. The van der Waals surface area contributed by atoms with Gasteiger partial charge in [-0.1, -0.05) is 0 Å². The number of aldehydes is 1. The van der Waals surface area contributed by atoms with Gasteiger partial charge >= 0.3 is 5.69 Å². The van der Waals surface area contributed by atoms with Gasteiger partial charge in [0.1, 0.15) is 5.75 Å². The summed E-state index contributed by atoms with van der Waals surface area (Å²) in [5.41, 5.74) is -1.17. The summed E-state index contributed by atoms with van der Waals surface area (Å²) in [7, 11) is 1.27. The van der Waals surface area contributed by atoms with Crippen molar-refractivity contribution >= 4 is 12.0 Å². The van der Waals surface area contributed by atoms with Gasteiger partial charge in [0.2, 0.25) is 5.82 Å². The maximum absolute atomic E-state index is 13.1. The standard InChI is InChI=1S/C8H6FNO4/c1-14-6-2-5(4-11)8(10(12)13)7(9)3-6/h2-4H,1H3. The molecule has 0 N–H and O–H groups in total. The Balaban J connectivity index is 3.42. The number of hydrogen-bond donors (Lipinski definition) is 0. The number of benzene rings is 1. The maximum Gasteiger partial charge on any atom is 0.315 e. The summed E-state index contributed by atoms with van der Waals surface area (Å²) in [6.45, 7) is 0. The van der Waals surface area contributed by atoms with E-state index in [1.54, 1.807) is 0 Å². The molecule has 0 radical (unpaired) electrons. The monoisotopic (exact) mass is 199 g/mol. The minimum absolute atomic E-state index is 0.0650. The maximum atomic E-state index is 13.1. The van der Waals surface area contributed by atoms with Crippen molar-refractivity contribution in [2.45, 2.75) is 0 Å². The van der Waals surface area contributed by atoms with Crippen LogP contribution in [0.3, 0.4) is 0 Å². The van der Waals surface area contributed by atoms with Gasteiger partial charge in [0, 0.05) is 6.07 Å². The smallest absolute Gasteiger partial charge is 0.315 e. The Morgan fingerprint density at radius 3 is 2.64 bits per heavy atom. The molecule has 1 aromatic rings. The third kappa shape index (κ3) is 1.68. The molecule has 0 aliphatic rings. The summed E-state index contributed by atoms with van der Waals surface area (Å²) >= 11 is 0. The Morgan fingerprint density at radius 2 is 2.21 bits per heavy atom. The molecule has 0 saturated heterocycles. The van der Waals surface area contributed by atoms with Gasteiger partial charge < -0.3 is 4.74 Å². The molecule has 6 heteroatoms. The molecule has 0 fully saturated rings. The molecule has 74 valence electrons. The quantitative estimate of drug-likeness (QED) is 0.420. The van der Waals surface area contributed by atoms with E-state index in [1.165, 1.54) is 7.11 Å². The van der Waals surface area contributed by atoms with Crippen LogP contribution in [0.4, 0.5) is 10.1 Å². The highest BCUT2D eigenvalue weighted by Gasteiger charge is 2.21. The number of halogens is 1. The summed E-state index contributed by atoms with van der Waals surface area (Å²) in [4.78, 5) is 19.8. The molecule has 0 aromatic heterocycles. The molecule has 0 unspecified atom stereocenters. The van der Waals surface area contributed by atoms with Gasteiger partial charge in [-0.15, -0.1) is 0 Å². The van der Waals surface area contributed by atoms with Crippen molar-refractivity contribution in [1.82, 2.24) is 0 Å². The van der Waals surface area contributed by atoms with E-state index in [0.29, 0.717) is 0 Å². The predicted molar refractivity (Wildman–Crippen MR) is 45.0 cm³/mol. The molecule has 0 bridgehead atoms. The van der Waals surface area contributed by atoms with Gasteiger partial charge in [-0.25, -0.2) is 0 Å².